The van der Waals surface area contributed by atoms with Gasteiger partial charge in [-0.3, -0.25) is 0 Å². The molecule has 0 amide bonds. The lowest BCUT2D eigenvalue weighted by Gasteiger charge is -2.06. The number of halogens is 1. The fraction of sp³-hybridized carbons (Fsp3) is 0.455. The highest BCUT2D eigenvalue weighted by Gasteiger charge is 2.11. The smallest absolute Gasteiger partial charge is 0.247 e. The first-order valence-corrected chi connectivity index (χ1v) is 4.77. The van der Waals surface area contributed by atoms with Crippen LogP contribution in [0.4, 0.5) is 4.39 Å². The monoisotopic (exact) mass is 210 g/mol. The predicted octanol–water partition coefficient (Wildman–Crippen LogP) is 3.09. The third-order valence-electron chi connectivity index (χ3n) is 1.74. The standard InChI is InChI=1S/C11H15FN2O/c1-5-9(6-7-11(3,4)12)10-14-13-8(2)15-10/h5-7H,1-4H3/b7-6-,9-5+. The molecule has 0 aromatic carbocycles. The molecule has 0 atom stereocenters. The molecule has 1 aromatic heterocycles. The van der Waals surface area contributed by atoms with Gasteiger partial charge in [-0.15, -0.1) is 10.2 Å². The number of allylic oxidation sites excluding steroid dienone is 4. The molecule has 3 nitrogen and oxygen atoms in total. The minimum absolute atomic E-state index is 0.413. The largest absolute Gasteiger partial charge is 0.421 e. The second-order valence-corrected chi connectivity index (χ2v) is 3.77. The van der Waals surface area contributed by atoms with Crippen molar-refractivity contribution in [2.45, 2.75) is 33.4 Å². The Labute approximate surface area is 88.7 Å². The second kappa shape index (κ2) is 4.38. The molecule has 1 aromatic rings. The van der Waals surface area contributed by atoms with Crippen LogP contribution in [-0.2, 0) is 0 Å². The lowest BCUT2D eigenvalue weighted by Crippen LogP contribution is -2.05. The van der Waals surface area contributed by atoms with Gasteiger partial charge in [0.15, 0.2) is 0 Å². The number of alkyl halides is 1. The van der Waals surface area contributed by atoms with Gasteiger partial charge in [0, 0.05) is 12.5 Å². The Morgan fingerprint density at radius 3 is 2.47 bits per heavy atom. The maximum absolute atomic E-state index is 13.2. The van der Waals surface area contributed by atoms with Crippen LogP contribution in [-0.4, -0.2) is 15.9 Å². The molecule has 0 saturated heterocycles. The van der Waals surface area contributed by atoms with Crippen molar-refractivity contribution >= 4 is 5.57 Å². The van der Waals surface area contributed by atoms with Crippen molar-refractivity contribution < 1.29 is 8.81 Å². The van der Waals surface area contributed by atoms with E-state index in [0.29, 0.717) is 11.8 Å². The van der Waals surface area contributed by atoms with Crippen molar-refractivity contribution in [2.75, 3.05) is 0 Å². The van der Waals surface area contributed by atoms with Crippen LogP contribution in [0.15, 0.2) is 22.6 Å². The highest BCUT2D eigenvalue weighted by atomic mass is 19.1. The highest BCUT2D eigenvalue weighted by Crippen LogP contribution is 2.17. The number of nitrogens with zero attached hydrogens (tertiary/aromatic N) is 2. The van der Waals surface area contributed by atoms with Crippen LogP contribution >= 0.6 is 0 Å². The van der Waals surface area contributed by atoms with E-state index in [1.165, 1.54) is 19.9 Å². The topological polar surface area (TPSA) is 38.9 Å². The van der Waals surface area contributed by atoms with Gasteiger partial charge in [0.05, 0.1) is 0 Å². The summed E-state index contributed by atoms with van der Waals surface area (Å²) in [6.07, 6.45) is 4.91. The van der Waals surface area contributed by atoms with Crippen molar-refractivity contribution in [3.05, 3.63) is 30.0 Å². The van der Waals surface area contributed by atoms with Gasteiger partial charge < -0.3 is 4.42 Å². The molecule has 0 N–H and O–H groups in total. The molecule has 15 heavy (non-hydrogen) atoms. The maximum Gasteiger partial charge on any atom is 0.247 e. The zero-order valence-corrected chi connectivity index (χ0v) is 9.41. The van der Waals surface area contributed by atoms with Crippen LogP contribution in [0.2, 0.25) is 0 Å². The summed E-state index contributed by atoms with van der Waals surface area (Å²) < 4.78 is 18.5. The van der Waals surface area contributed by atoms with E-state index in [4.69, 9.17) is 4.42 Å². The third kappa shape index (κ3) is 3.65. The fourth-order valence-electron chi connectivity index (χ4n) is 0.992. The number of hydrogen-bond acceptors (Lipinski definition) is 3. The van der Waals surface area contributed by atoms with E-state index in [2.05, 4.69) is 10.2 Å². The van der Waals surface area contributed by atoms with Crippen LogP contribution in [0.25, 0.3) is 5.57 Å². The quantitative estimate of drug-likeness (QED) is 0.719. The molecule has 0 saturated carbocycles. The summed E-state index contributed by atoms with van der Waals surface area (Å²) in [6.45, 7) is 6.52. The molecular formula is C11H15FN2O. The molecule has 1 rings (SSSR count). The molecule has 0 unspecified atom stereocenters. The van der Waals surface area contributed by atoms with E-state index in [1.807, 2.05) is 6.92 Å². The maximum atomic E-state index is 13.2. The number of hydrogen-bond donors (Lipinski definition) is 0. The molecule has 0 fully saturated rings. The molecule has 82 valence electrons. The third-order valence-corrected chi connectivity index (χ3v) is 1.74. The summed E-state index contributed by atoms with van der Waals surface area (Å²) in [5.74, 6) is 0.910. The second-order valence-electron chi connectivity index (χ2n) is 3.77. The molecule has 0 aliphatic rings. The van der Waals surface area contributed by atoms with Gasteiger partial charge >= 0.3 is 0 Å². The van der Waals surface area contributed by atoms with Crippen molar-refractivity contribution in [3.63, 3.8) is 0 Å². The lowest BCUT2D eigenvalue weighted by molar-refractivity contribution is 0.287. The van der Waals surface area contributed by atoms with E-state index < -0.39 is 5.67 Å². The molecule has 0 radical (unpaired) electrons. The zero-order chi connectivity index (χ0) is 11.5. The summed E-state index contributed by atoms with van der Waals surface area (Å²) in [5.41, 5.74) is -0.620. The summed E-state index contributed by atoms with van der Waals surface area (Å²) >= 11 is 0. The van der Waals surface area contributed by atoms with E-state index in [-0.39, 0.29) is 0 Å². The molecular weight excluding hydrogens is 195 g/mol. The van der Waals surface area contributed by atoms with Gasteiger partial charge in [0.1, 0.15) is 5.67 Å². The van der Waals surface area contributed by atoms with Crippen LogP contribution < -0.4 is 0 Å². The van der Waals surface area contributed by atoms with E-state index in [1.54, 1.807) is 19.1 Å². The highest BCUT2D eigenvalue weighted by molar-refractivity contribution is 5.68. The molecule has 1 heterocycles. The Kier molecular flexibility index (Phi) is 3.39. The fourth-order valence-corrected chi connectivity index (χ4v) is 0.992. The van der Waals surface area contributed by atoms with Gasteiger partial charge in [-0.2, -0.15) is 0 Å². The summed E-state index contributed by atoms with van der Waals surface area (Å²) in [7, 11) is 0. The van der Waals surface area contributed by atoms with Crippen molar-refractivity contribution in [2.24, 2.45) is 0 Å². The SMILES string of the molecule is C/C=C(\C=C/C(C)(C)F)c1nnc(C)o1. The average Bonchev–Trinajstić information content (AvgIpc) is 2.51. The number of aromatic nitrogens is 2. The van der Waals surface area contributed by atoms with Gasteiger partial charge in [0.2, 0.25) is 11.8 Å². The Bertz CT molecular complexity index is 386. The Hall–Kier alpha value is -1.45. The Morgan fingerprint density at radius 1 is 1.40 bits per heavy atom. The average molecular weight is 210 g/mol. The van der Waals surface area contributed by atoms with E-state index >= 15 is 0 Å². The van der Waals surface area contributed by atoms with Crippen LogP contribution in [0.5, 0.6) is 0 Å². The first-order valence-electron chi connectivity index (χ1n) is 4.77. The van der Waals surface area contributed by atoms with Gasteiger partial charge in [-0.05, 0) is 26.8 Å². The van der Waals surface area contributed by atoms with Crippen LogP contribution in [0.3, 0.4) is 0 Å². The molecule has 0 bridgehead atoms. The van der Waals surface area contributed by atoms with Crippen LogP contribution in [0.1, 0.15) is 32.6 Å². The Balaban J connectivity index is 2.88. The molecule has 0 aliphatic heterocycles. The zero-order valence-electron chi connectivity index (χ0n) is 9.41. The molecule has 4 heteroatoms. The first kappa shape index (κ1) is 11.6. The normalized spacial score (nSPS) is 13.8. The number of rotatable bonds is 3. The Morgan fingerprint density at radius 2 is 2.07 bits per heavy atom. The van der Waals surface area contributed by atoms with Gasteiger partial charge in [0.25, 0.3) is 0 Å². The molecule has 0 spiro atoms. The lowest BCUT2D eigenvalue weighted by atomic mass is 10.1. The van der Waals surface area contributed by atoms with Crippen molar-refractivity contribution in [1.29, 1.82) is 0 Å². The predicted molar refractivity (Wildman–Crippen MR) is 57.0 cm³/mol. The minimum atomic E-state index is -1.34. The summed E-state index contributed by atoms with van der Waals surface area (Å²) in [6, 6.07) is 0. The van der Waals surface area contributed by atoms with E-state index in [0.717, 1.165) is 5.57 Å². The number of aryl methyl sites for hydroxylation is 1. The van der Waals surface area contributed by atoms with Crippen molar-refractivity contribution in [3.8, 4) is 0 Å². The van der Waals surface area contributed by atoms with Crippen molar-refractivity contribution in [1.82, 2.24) is 10.2 Å². The molecule has 0 aliphatic carbocycles. The summed E-state index contributed by atoms with van der Waals surface area (Å²) in [4.78, 5) is 0. The first-order chi connectivity index (χ1) is 6.92. The van der Waals surface area contributed by atoms with E-state index in [9.17, 15) is 4.39 Å². The minimum Gasteiger partial charge on any atom is -0.421 e. The summed E-state index contributed by atoms with van der Waals surface area (Å²) in [5, 5.41) is 7.57. The van der Waals surface area contributed by atoms with Gasteiger partial charge in [-0.25, -0.2) is 4.39 Å². The van der Waals surface area contributed by atoms with Crippen LogP contribution in [0, 0.1) is 6.92 Å². The van der Waals surface area contributed by atoms with Gasteiger partial charge in [-0.1, -0.05) is 12.2 Å².